The second-order valence-electron chi connectivity index (χ2n) is 15.3. The molecule has 0 aliphatic carbocycles. The fourth-order valence-electron chi connectivity index (χ4n) is 9.23. The average molecular weight is 786 g/mol. The molecule has 3 aliphatic rings. The molecule has 3 heterocycles. The maximum absolute atomic E-state index is 6.80. The fraction of sp³-hybridized carbons (Fsp3) is 0. The summed E-state index contributed by atoms with van der Waals surface area (Å²) in [6.07, 6.45) is 0. The van der Waals surface area contributed by atoms with Crippen molar-refractivity contribution in [3.8, 4) is 34.5 Å². The topological polar surface area (TPSA) is 37.4 Å². The SMILES string of the molecule is c1ccc(Oc2cc3c4c(c2)N(c2ccccc2)c2cc(Oc5ccccc5)cc5c2B4c2c(cc(Oc4ccccc4)cc2N5c2ccccc2)N3c2ccccc2)cc1. The van der Waals surface area contributed by atoms with Crippen molar-refractivity contribution in [1.82, 2.24) is 0 Å². The number of hydrogen-bond acceptors (Lipinski definition) is 6. The smallest absolute Gasteiger partial charge is 0.257 e. The van der Waals surface area contributed by atoms with Gasteiger partial charge in [0.2, 0.25) is 0 Å². The Labute approximate surface area is 354 Å². The van der Waals surface area contributed by atoms with E-state index >= 15 is 0 Å². The molecule has 3 aliphatic heterocycles. The predicted octanol–water partition coefficient (Wildman–Crippen LogP) is 12.9. The molecule has 61 heavy (non-hydrogen) atoms. The van der Waals surface area contributed by atoms with Crippen LogP contribution >= 0.6 is 0 Å². The van der Waals surface area contributed by atoms with Crippen molar-refractivity contribution in [1.29, 1.82) is 0 Å². The van der Waals surface area contributed by atoms with E-state index in [0.29, 0.717) is 0 Å². The average Bonchev–Trinajstić information content (AvgIpc) is 3.31. The monoisotopic (exact) mass is 785 g/mol. The summed E-state index contributed by atoms with van der Waals surface area (Å²) in [5.74, 6) is 4.46. The van der Waals surface area contributed by atoms with Crippen LogP contribution in [0.5, 0.6) is 34.5 Å². The van der Waals surface area contributed by atoms with E-state index in [1.165, 1.54) is 16.4 Å². The van der Waals surface area contributed by atoms with Gasteiger partial charge in [-0.2, -0.15) is 0 Å². The van der Waals surface area contributed by atoms with Gasteiger partial charge in [-0.15, -0.1) is 0 Å². The van der Waals surface area contributed by atoms with Gasteiger partial charge in [0, 0.05) is 87.6 Å². The number of rotatable bonds is 9. The van der Waals surface area contributed by atoms with E-state index in [-0.39, 0.29) is 6.71 Å². The Balaban J connectivity index is 1.21. The van der Waals surface area contributed by atoms with E-state index < -0.39 is 0 Å². The van der Waals surface area contributed by atoms with Crippen LogP contribution in [0.2, 0.25) is 0 Å². The highest BCUT2D eigenvalue weighted by Gasteiger charge is 2.50. The van der Waals surface area contributed by atoms with Crippen molar-refractivity contribution in [3.05, 3.63) is 218 Å². The molecule has 288 valence electrons. The Hall–Kier alpha value is -8.16. The van der Waals surface area contributed by atoms with Gasteiger partial charge < -0.3 is 28.9 Å². The van der Waals surface area contributed by atoms with Crippen molar-refractivity contribution in [3.63, 3.8) is 0 Å². The van der Waals surface area contributed by atoms with Crippen molar-refractivity contribution < 1.29 is 14.2 Å². The molecule has 0 N–H and O–H groups in total. The first-order valence-electron chi connectivity index (χ1n) is 20.5. The summed E-state index contributed by atoms with van der Waals surface area (Å²) < 4.78 is 20.4. The van der Waals surface area contributed by atoms with Crippen LogP contribution in [0.3, 0.4) is 0 Å². The number of benzene rings is 9. The third-order valence-corrected chi connectivity index (χ3v) is 11.6. The molecule has 0 radical (unpaired) electrons. The lowest BCUT2D eigenvalue weighted by Crippen LogP contribution is -2.64. The van der Waals surface area contributed by atoms with Crippen molar-refractivity contribution in [2.45, 2.75) is 0 Å². The van der Waals surface area contributed by atoms with Gasteiger partial charge in [-0.3, -0.25) is 0 Å². The van der Waals surface area contributed by atoms with Crippen molar-refractivity contribution >= 4 is 74.3 Å². The van der Waals surface area contributed by atoms with Gasteiger partial charge in [0.15, 0.2) is 0 Å². The standard InChI is InChI=1S/C54H36BN3O3/c1-7-19-37(20-8-1)56-46-31-43(59-40-25-13-4-14-26-40)33-48-52(46)55-53-47(56)32-44(60-41-27-15-5-16-28-41)34-49(53)58(39-23-11-3-12-24-39)51-36-45(61-42-29-17-6-18-30-42)35-50(54(51)55)57(48)38-21-9-2-10-22-38/h1-36H. The summed E-state index contributed by atoms with van der Waals surface area (Å²) in [5, 5.41) is 0. The maximum atomic E-state index is 6.80. The van der Waals surface area contributed by atoms with Gasteiger partial charge in [-0.25, -0.2) is 0 Å². The quantitative estimate of drug-likeness (QED) is 0.136. The van der Waals surface area contributed by atoms with Gasteiger partial charge in [0.25, 0.3) is 6.71 Å². The summed E-state index contributed by atoms with van der Waals surface area (Å²) in [6.45, 7) is -0.151. The Bertz CT molecular complexity index is 2650. The molecule has 12 rings (SSSR count). The van der Waals surface area contributed by atoms with Crippen LogP contribution in [0.25, 0.3) is 0 Å². The second kappa shape index (κ2) is 14.3. The van der Waals surface area contributed by atoms with Crippen LogP contribution in [-0.4, -0.2) is 6.71 Å². The van der Waals surface area contributed by atoms with Gasteiger partial charge in [-0.05, 0) is 89.2 Å². The largest absolute Gasteiger partial charge is 0.457 e. The Kier molecular flexibility index (Phi) is 8.16. The van der Waals surface area contributed by atoms with Gasteiger partial charge >= 0.3 is 0 Å². The lowest BCUT2D eigenvalue weighted by atomic mass is 9.31. The first-order chi connectivity index (χ1) is 30.2. The Morgan fingerprint density at radius 1 is 0.246 bits per heavy atom. The van der Waals surface area contributed by atoms with Crippen molar-refractivity contribution in [2.75, 3.05) is 14.7 Å². The Morgan fingerprint density at radius 2 is 0.459 bits per heavy atom. The Morgan fingerprint density at radius 3 is 0.689 bits per heavy atom. The summed E-state index contributed by atoms with van der Waals surface area (Å²) in [5.41, 5.74) is 12.9. The molecule has 0 unspecified atom stereocenters. The molecule has 0 fully saturated rings. The zero-order valence-electron chi connectivity index (χ0n) is 32.9. The van der Waals surface area contributed by atoms with Crippen LogP contribution in [-0.2, 0) is 0 Å². The molecular weight excluding hydrogens is 749 g/mol. The van der Waals surface area contributed by atoms with E-state index in [0.717, 1.165) is 85.7 Å². The highest BCUT2D eigenvalue weighted by Crippen LogP contribution is 2.53. The zero-order chi connectivity index (χ0) is 40.3. The second-order valence-corrected chi connectivity index (χ2v) is 15.3. The third kappa shape index (κ3) is 5.89. The fourth-order valence-corrected chi connectivity index (χ4v) is 9.23. The maximum Gasteiger partial charge on any atom is 0.257 e. The van der Waals surface area contributed by atoms with Gasteiger partial charge in [-0.1, -0.05) is 109 Å². The van der Waals surface area contributed by atoms with Crippen LogP contribution in [0, 0.1) is 0 Å². The lowest BCUT2D eigenvalue weighted by Gasteiger charge is -2.49. The number of para-hydroxylation sites is 6. The molecule has 0 saturated carbocycles. The van der Waals surface area contributed by atoms with E-state index in [1.807, 2.05) is 91.0 Å². The van der Waals surface area contributed by atoms with Crippen LogP contribution in [0.15, 0.2) is 218 Å². The molecular formula is C54H36BN3O3. The summed E-state index contributed by atoms with van der Waals surface area (Å²) in [7, 11) is 0. The molecule has 7 heteroatoms. The molecule has 0 bridgehead atoms. The highest BCUT2D eigenvalue weighted by atomic mass is 16.5. The van der Waals surface area contributed by atoms with Crippen LogP contribution < -0.4 is 45.3 Å². The first kappa shape index (κ1) is 34.8. The van der Waals surface area contributed by atoms with E-state index in [1.54, 1.807) is 0 Å². The van der Waals surface area contributed by atoms with Crippen LogP contribution in [0.1, 0.15) is 0 Å². The third-order valence-electron chi connectivity index (χ3n) is 11.6. The molecule has 0 atom stereocenters. The normalized spacial score (nSPS) is 12.8. The minimum atomic E-state index is -0.151. The number of hydrogen-bond donors (Lipinski definition) is 0. The highest BCUT2D eigenvalue weighted by molar-refractivity contribution is 7.02. The van der Waals surface area contributed by atoms with Gasteiger partial charge in [0.05, 0.1) is 0 Å². The number of nitrogens with zero attached hydrogens (tertiary/aromatic N) is 3. The number of anilines is 9. The van der Waals surface area contributed by atoms with Crippen LogP contribution in [0.4, 0.5) is 51.2 Å². The summed E-state index contributed by atoms with van der Waals surface area (Å²) in [4.78, 5) is 7.16. The van der Waals surface area contributed by atoms with Crippen molar-refractivity contribution in [2.24, 2.45) is 0 Å². The molecule has 9 aromatic rings. The minimum absolute atomic E-state index is 0.151. The molecule has 0 spiro atoms. The molecule has 0 saturated heterocycles. The lowest BCUT2D eigenvalue weighted by molar-refractivity contribution is 0.483. The van der Waals surface area contributed by atoms with E-state index in [2.05, 4.69) is 142 Å². The number of ether oxygens (including phenoxy) is 3. The summed E-state index contributed by atoms with van der Waals surface area (Å²) >= 11 is 0. The zero-order valence-corrected chi connectivity index (χ0v) is 32.9. The predicted molar refractivity (Wildman–Crippen MR) is 248 cm³/mol. The minimum Gasteiger partial charge on any atom is -0.457 e. The first-order valence-corrected chi connectivity index (χ1v) is 20.5. The summed E-state index contributed by atoms with van der Waals surface area (Å²) in [6, 6.07) is 75.1. The molecule has 9 aromatic carbocycles. The van der Waals surface area contributed by atoms with Gasteiger partial charge in [0.1, 0.15) is 34.5 Å². The molecule has 6 nitrogen and oxygen atoms in total. The van der Waals surface area contributed by atoms with E-state index in [9.17, 15) is 0 Å². The molecule has 0 amide bonds. The molecule has 0 aromatic heterocycles. The van der Waals surface area contributed by atoms with E-state index in [4.69, 9.17) is 14.2 Å².